The van der Waals surface area contributed by atoms with E-state index in [1.807, 2.05) is 0 Å². The number of anilines is 1. The number of nitrogens with zero attached hydrogens (tertiary/aromatic N) is 3. The predicted molar refractivity (Wildman–Crippen MR) is 50.6 cm³/mol. The third-order valence-electron chi connectivity index (χ3n) is 1.75. The molecule has 0 saturated carbocycles. The second kappa shape index (κ2) is 6.97. The average Bonchev–Trinajstić information content (AvgIpc) is 2.30. The van der Waals surface area contributed by atoms with Crippen molar-refractivity contribution in [3.05, 3.63) is 12.0 Å². The zero-order valence-corrected chi connectivity index (χ0v) is 12.6. The van der Waals surface area contributed by atoms with Gasteiger partial charge in [-0.05, 0) is 0 Å². The quantitative estimate of drug-likeness (QED) is 0.805. The molecule has 0 aromatic carbocycles. The van der Waals surface area contributed by atoms with Crippen LogP contribution in [-0.2, 0) is 48.5 Å². The number of halogens is 3. The van der Waals surface area contributed by atoms with Gasteiger partial charge in [0.15, 0.2) is 5.69 Å². The van der Waals surface area contributed by atoms with Gasteiger partial charge >= 0.3 is 12.3 Å². The fraction of sp³-hybridized carbons (Fsp3) is 0.375. The summed E-state index contributed by atoms with van der Waals surface area (Å²) in [6, 6.07) is 0. The minimum Gasteiger partial charge on any atom is -0.492 e. The Morgan fingerprint density at radius 3 is 2.37 bits per heavy atom. The smallest absolute Gasteiger partial charge is 0.451 e. The maximum atomic E-state index is 12.2. The molecule has 0 atom stereocenters. The molecule has 0 fully saturated rings. The number of alkyl halides is 3. The van der Waals surface area contributed by atoms with Crippen molar-refractivity contribution >= 4 is 11.8 Å². The molecular weight excluding hydrogens is 348 g/mol. The summed E-state index contributed by atoms with van der Waals surface area (Å²) in [5, 5.41) is 9.72. The van der Waals surface area contributed by atoms with Crippen molar-refractivity contribution in [3.63, 3.8) is 0 Å². The van der Waals surface area contributed by atoms with Crippen molar-refractivity contribution in [1.82, 2.24) is 9.97 Å². The van der Waals surface area contributed by atoms with Crippen LogP contribution >= 0.6 is 0 Å². The number of ether oxygens (including phenoxy) is 1. The first-order chi connectivity index (χ1) is 8.31. The Morgan fingerprint density at radius 2 is 2.00 bits per heavy atom. The van der Waals surface area contributed by atoms with Crippen LogP contribution in [0.5, 0.6) is 5.88 Å². The molecule has 1 aromatic heterocycles. The van der Waals surface area contributed by atoms with Crippen LogP contribution in [0.25, 0.3) is 0 Å². The van der Waals surface area contributed by atoms with Crippen molar-refractivity contribution in [2.45, 2.75) is 6.18 Å². The third-order valence-corrected chi connectivity index (χ3v) is 1.75. The van der Waals surface area contributed by atoms with Crippen molar-refractivity contribution in [1.29, 1.82) is 0 Å². The van der Waals surface area contributed by atoms with Crippen LogP contribution in [0.3, 0.4) is 0 Å². The molecular formula is C8H8F3N3O4Y. The molecule has 1 N–H and O–H groups in total. The van der Waals surface area contributed by atoms with Crippen LogP contribution in [0.2, 0.25) is 0 Å². The Morgan fingerprint density at radius 1 is 1.42 bits per heavy atom. The molecule has 1 heterocycles. The second-order valence-electron chi connectivity index (χ2n) is 2.85. The minimum atomic E-state index is -4.81. The SMILES string of the molecule is COC(=O)N(OC)c1cnc(C(F)(F)F)nc1O.[Y]. The Balaban J connectivity index is 0.00000324. The van der Waals surface area contributed by atoms with Crippen molar-refractivity contribution < 1.29 is 65.4 Å². The van der Waals surface area contributed by atoms with Gasteiger partial charge in [0.1, 0.15) is 0 Å². The number of hydroxylamine groups is 1. The molecule has 0 saturated heterocycles. The molecule has 0 spiro atoms. The van der Waals surface area contributed by atoms with Crippen molar-refractivity contribution in [3.8, 4) is 5.88 Å². The maximum Gasteiger partial charge on any atom is 0.451 e. The van der Waals surface area contributed by atoms with Crippen molar-refractivity contribution in [2.75, 3.05) is 19.3 Å². The number of hydrogen-bond acceptors (Lipinski definition) is 6. The van der Waals surface area contributed by atoms with Gasteiger partial charge in [0.2, 0.25) is 11.7 Å². The van der Waals surface area contributed by atoms with Gasteiger partial charge in [0.25, 0.3) is 0 Å². The van der Waals surface area contributed by atoms with Gasteiger partial charge in [-0.2, -0.15) is 18.2 Å². The van der Waals surface area contributed by atoms with E-state index in [0.717, 1.165) is 14.2 Å². The zero-order chi connectivity index (χ0) is 13.9. The second-order valence-corrected chi connectivity index (χ2v) is 2.85. The molecule has 1 aromatic rings. The van der Waals surface area contributed by atoms with Crippen molar-refractivity contribution in [2.24, 2.45) is 0 Å². The van der Waals surface area contributed by atoms with Crippen LogP contribution in [0.4, 0.5) is 23.7 Å². The van der Waals surface area contributed by atoms with Gasteiger partial charge in [-0.15, -0.1) is 5.06 Å². The number of carbonyl (C=O) groups excluding carboxylic acids is 1. The Bertz CT molecular complexity index is 457. The van der Waals surface area contributed by atoms with Crippen LogP contribution < -0.4 is 5.06 Å². The van der Waals surface area contributed by atoms with Gasteiger partial charge in [0.05, 0.1) is 20.4 Å². The molecule has 0 unspecified atom stereocenters. The zero-order valence-electron chi connectivity index (χ0n) is 9.80. The maximum absolute atomic E-state index is 12.2. The molecule has 0 bridgehead atoms. The summed E-state index contributed by atoms with van der Waals surface area (Å²) in [4.78, 5) is 21.5. The third kappa shape index (κ3) is 4.25. The number of hydrogen-bond donors (Lipinski definition) is 1. The predicted octanol–water partition coefficient (Wildman–Crippen LogP) is 1.33. The molecule has 0 aliphatic carbocycles. The van der Waals surface area contributed by atoms with Gasteiger partial charge in [0, 0.05) is 32.7 Å². The summed E-state index contributed by atoms with van der Waals surface area (Å²) < 4.78 is 41.0. The van der Waals surface area contributed by atoms with Gasteiger partial charge in [-0.3, -0.25) is 4.84 Å². The first kappa shape index (κ1) is 18.0. The number of rotatable bonds is 2. The Labute approximate surface area is 130 Å². The Kier molecular flexibility index (Phi) is 6.60. The number of carbonyl (C=O) groups is 1. The van der Waals surface area contributed by atoms with Gasteiger partial charge < -0.3 is 9.84 Å². The first-order valence-electron chi connectivity index (χ1n) is 4.36. The van der Waals surface area contributed by atoms with Crippen LogP contribution in [0.15, 0.2) is 6.20 Å². The van der Waals surface area contributed by atoms with E-state index in [1.165, 1.54) is 0 Å². The number of aromatic hydroxyl groups is 1. The van der Waals surface area contributed by atoms with E-state index >= 15 is 0 Å². The topological polar surface area (TPSA) is 84.8 Å². The molecule has 0 aliphatic rings. The average molecular weight is 356 g/mol. The van der Waals surface area contributed by atoms with E-state index < -0.39 is 29.7 Å². The minimum absolute atomic E-state index is 0. The van der Waals surface area contributed by atoms with E-state index in [1.54, 1.807) is 0 Å². The largest absolute Gasteiger partial charge is 0.492 e. The molecule has 11 heteroatoms. The standard InChI is InChI=1S/C8H8F3N3O4.Y/c1-17-7(16)14(18-2)4-3-12-6(8(9,10)11)13-5(4)15;/h3H,1-2H3,(H,12,13,15);. The number of aromatic nitrogens is 2. The molecule has 19 heavy (non-hydrogen) atoms. The summed E-state index contributed by atoms with van der Waals surface area (Å²) in [5.74, 6) is -2.60. The molecule has 103 valence electrons. The van der Waals surface area contributed by atoms with E-state index in [0.29, 0.717) is 11.3 Å². The summed E-state index contributed by atoms with van der Waals surface area (Å²) in [6.07, 6.45) is -5.28. The van der Waals surface area contributed by atoms with Gasteiger partial charge in [-0.25, -0.2) is 9.78 Å². The molecule has 7 nitrogen and oxygen atoms in total. The summed E-state index contributed by atoms with van der Waals surface area (Å²) in [7, 11) is 2.07. The van der Waals surface area contributed by atoms with Gasteiger partial charge in [-0.1, -0.05) is 0 Å². The van der Waals surface area contributed by atoms with Crippen LogP contribution in [0.1, 0.15) is 5.82 Å². The van der Waals surface area contributed by atoms with Crippen LogP contribution in [-0.4, -0.2) is 35.4 Å². The van der Waals surface area contributed by atoms with Crippen LogP contribution in [0, 0.1) is 0 Å². The fourth-order valence-electron chi connectivity index (χ4n) is 1.00. The Hall–Kier alpha value is -0.996. The van der Waals surface area contributed by atoms with E-state index in [2.05, 4.69) is 19.5 Å². The summed E-state index contributed by atoms with van der Waals surface area (Å²) in [6.45, 7) is 0. The summed E-state index contributed by atoms with van der Waals surface area (Å²) in [5.41, 5.74) is -0.475. The first-order valence-corrected chi connectivity index (χ1v) is 4.36. The number of amides is 1. The molecule has 1 amide bonds. The van der Waals surface area contributed by atoms with E-state index in [-0.39, 0.29) is 32.7 Å². The number of methoxy groups -OCH3 is 1. The molecule has 1 radical (unpaired) electrons. The summed E-state index contributed by atoms with van der Waals surface area (Å²) >= 11 is 0. The van der Waals surface area contributed by atoms with E-state index in [9.17, 15) is 23.1 Å². The molecule has 0 aliphatic heterocycles. The molecule has 1 rings (SSSR count). The fourth-order valence-corrected chi connectivity index (χ4v) is 1.00. The monoisotopic (exact) mass is 356 g/mol. The van der Waals surface area contributed by atoms with E-state index in [4.69, 9.17) is 0 Å². The normalized spacial score (nSPS) is 10.6.